The summed E-state index contributed by atoms with van der Waals surface area (Å²) in [7, 11) is 0. The topological polar surface area (TPSA) is 54.5 Å². The number of carbonyl (C=O) groups excluding carboxylic acids is 1. The fraction of sp³-hybridized carbons (Fsp3) is 0.333. The van der Waals surface area contributed by atoms with E-state index in [1.165, 1.54) is 41.7 Å². The zero-order chi connectivity index (χ0) is 22.0. The fourth-order valence-electron chi connectivity index (χ4n) is 3.55. The number of nitrogens with zero attached hydrogens (tertiary/aromatic N) is 2. The molecule has 31 heavy (non-hydrogen) atoms. The molecule has 1 amide bonds. The van der Waals surface area contributed by atoms with E-state index in [2.05, 4.69) is 15.0 Å². The van der Waals surface area contributed by atoms with Gasteiger partial charge in [-0.15, -0.1) is 13.2 Å². The second-order valence-corrected chi connectivity index (χ2v) is 8.29. The highest BCUT2D eigenvalue weighted by Crippen LogP contribution is 2.32. The van der Waals surface area contributed by atoms with E-state index in [4.69, 9.17) is 0 Å². The van der Waals surface area contributed by atoms with E-state index in [9.17, 15) is 22.4 Å². The summed E-state index contributed by atoms with van der Waals surface area (Å²) in [5, 5.41) is 3.53. The summed E-state index contributed by atoms with van der Waals surface area (Å²) in [6.07, 6.45) is -3.21. The lowest BCUT2D eigenvalue weighted by molar-refractivity contribution is -0.274. The Morgan fingerprint density at radius 2 is 2.00 bits per heavy atom. The molecule has 4 rings (SSSR count). The first-order valence-electron chi connectivity index (χ1n) is 9.71. The van der Waals surface area contributed by atoms with Crippen molar-refractivity contribution in [2.24, 2.45) is 5.92 Å². The largest absolute Gasteiger partial charge is 0.573 e. The fourth-order valence-corrected chi connectivity index (χ4v) is 4.56. The number of anilines is 1. The summed E-state index contributed by atoms with van der Waals surface area (Å²) in [6.45, 7) is 1.42. The minimum Gasteiger partial charge on any atom is -0.406 e. The highest BCUT2D eigenvalue weighted by molar-refractivity contribution is 7.22. The number of benzene rings is 2. The minimum atomic E-state index is -4.74. The molecule has 5 nitrogen and oxygen atoms in total. The van der Waals surface area contributed by atoms with Gasteiger partial charge in [-0.25, -0.2) is 9.37 Å². The van der Waals surface area contributed by atoms with E-state index in [0.717, 1.165) is 24.1 Å². The molecule has 3 aromatic rings. The Bertz CT molecular complexity index is 1070. The number of fused-ring (bicyclic) bond motifs is 1. The van der Waals surface area contributed by atoms with Crippen molar-refractivity contribution in [2.75, 3.05) is 18.0 Å². The number of thiazole rings is 1. The van der Waals surface area contributed by atoms with E-state index in [-0.39, 0.29) is 29.9 Å². The van der Waals surface area contributed by atoms with Crippen molar-refractivity contribution in [3.63, 3.8) is 0 Å². The van der Waals surface area contributed by atoms with Crippen LogP contribution in [-0.4, -0.2) is 30.3 Å². The Balaban J connectivity index is 1.35. The molecule has 2 heterocycles. The molecule has 1 aliphatic heterocycles. The zero-order valence-corrected chi connectivity index (χ0v) is 17.1. The quantitative estimate of drug-likeness (QED) is 0.561. The van der Waals surface area contributed by atoms with Gasteiger partial charge in [-0.1, -0.05) is 29.5 Å². The van der Waals surface area contributed by atoms with Crippen molar-refractivity contribution in [3.8, 4) is 5.75 Å². The summed E-state index contributed by atoms with van der Waals surface area (Å²) >= 11 is 1.40. The number of alkyl halides is 3. The average molecular weight is 453 g/mol. The molecule has 0 saturated carbocycles. The number of halogens is 4. The maximum atomic E-state index is 13.9. The van der Waals surface area contributed by atoms with E-state index in [1.54, 1.807) is 6.07 Å². The van der Waals surface area contributed by atoms with Gasteiger partial charge in [-0.2, -0.15) is 0 Å². The van der Waals surface area contributed by atoms with Gasteiger partial charge in [-0.3, -0.25) is 4.79 Å². The van der Waals surface area contributed by atoms with Gasteiger partial charge in [0.05, 0.1) is 10.6 Å². The lowest BCUT2D eigenvalue weighted by Gasteiger charge is -2.31. The first-order valence-corrected chi connectivity index (χ1v) is 10.5. The zero-order valence-electron chi connectivity index (χ0n) is 16.3. The van der Waals surface area contributed by atoms with Gasteiger partial charge >= 0.3 is 6.36 Å². The molecular formula is C21H19F4N3O2S. The summed E-state index contributed by atoms with van der Waals surface area (Å²) in [5.74, 6) is -1.05. The Labute approximate surface area is 179 Å². The van der Waals surface area contributed by atoms with Gasteiger partial charge < -0.3 is 15.0 Å². The minimum absolute atomic E-state index is 0.132. The smallest absolute Gasteiger partial charge is 0.406 e. The highest BCUT2D eigenvalue weighted by atomic mass is 32.1. The number of amides is 1. The SMILES string of the molecule is O=C(NCc1ccc(OC(F)(F)F)cc1)C1CCCN(c2nc3c(F)cccc3s2)C1. The van der Waals surface area contributed by atoms with Crippen LogP contribution in [0, 0.1) is 11.7 Å². The Hall–Kier alpha value is -2.88. The van der Waals surface area contributed by atoms with E-state index < -0.39 is 6.36 Å². The van der Waals surface area contributed by atoms with Crippen molar-refractivity contribution >= 4 is 32.6 Å². The van der Waals surface area contributed by atoms with Crippen LogP contribution >= 0.6 is 11.3 Å². The Morgan fingerprint density at radius 1 is 1.23 bits per heavy atom. The van der Waals surface area contributed by atoms with Gasteiger partial charge in [-0.05, 0) is 42.7 Å². The van der Waals surface area contributed by atoms with Crippen LogP contribution in [0.3, 0.4) is 0 Å². The van der Waals surface area contributed by atoms with E-state index in [0.29, 0.717) is 22.8 Å². The molecule has 10 heteroatoms. The normalized spacial score (nSPS) is 17.0. The molecule has 164 valence electrons. The number of piperidine rings is 1. The van der Waals surface area contributed by atoms with Crippen LogP contribution in [0.4, 0.5) is 22.7 Å². The Morgan fingerprint density at radius 3 is 2.71 bits per heavy atom. The monoisotopic (exact) mass is 453 g/mol. The molecule has 1 atom stereocenters. The van der Waals surface area contributed by atoms with Crippen molar-refractivity contribution in [2.45, 2.75) is 25.7 Å². The van der Waals surface area contributed by atoms with Crippen molar-refractivity contribution in [3.05, 3.63) is 53.8 Å². The van der Waals surface area contributed by atoms with Gasteiger partial charge in [0.1, 0.15) is 17.1 Å². The van der Waals surface area contributed by atoms with Crippen LogP contribution in [0.5, 0.6) is 5.75 Å². The highest BCUT2D eigenvalue weighted by Gasteiger charge is 2.31. The summed E-state index contributed by atoms with van der Waals surface area (Å²) in [5.41, 5.74) is 1.00. The van der Waals surface area contributed by atoms with Crippen LogP contribution in [0.2, 0.25) is 0 Å². The number of hydrogen-bond donors (Lipinski definition) is 1. The van der Waals surface area contributed by atoms with Crippen molar-refractivity contribution < 1.29 is 27.1 Å². The standard InChI is InChI=1S/C21H19F4N3O2S/c22-16-4-1-5-17-18(16)27-20(31-17)28-10-2-3-14(12-28)19(29)26-11-13-6-8-15(9-7-13)30-21(23,24)25/h1,4-9,14H,2-3,10-12H2,(H,26,29). The van der Waals surface area contributed by atoms with Gasteiger partial charge in [0, 0.05) is 19.6 Å². The Kier molecular flexibility index (Phi) is 5.99. The third-order valence-electron chi connectivity index (χ3n) is 5.04. The first kappa shape index (κ1) is 21.4. The van der Waals surface area contributed by atoms with Crippen LogP contribution in [-0.2, 0) is 11.3 Å². The average Bonchev–Trinajstić information content (AvgIpc) is 3.18. The van der Waals surface area contributed by atoms with Crippen LogP contribution in [0.25, 0.3) is 10.2 Å². The van der Waals surface area contributed by atoms with Crippen LogP contribution in [0.15, 0.2) is 42.5 Å². The number of para-hydroxylation sites is 1. The molecule has 1 N–H and O–H groups in total. The molecule has 1 aromatic heterocycles. The van der Waals surface area contributed by atoms with E-state index >= 15 is 0 Å². The molecule has 0 aliphatic carbocycles. The maximum absolute atomic E-state index is 13.9. The maximum Gasteiger partial charge on any atom is 0.573 e. The number of rotatable bonds is 5. The molecule has 1 aliphatic rings. The van der Waals surface area contributed by atoms with Crippen molar-refractivity contribution in [1.82, 2.24) is 10.3 Å². The van der Waals surface area contributed by atoms with Crippen molar-refractivity contribution in [1.29, 1.82) is 0 Å². The molecule has 0 spiro atoms. The van der Waals surface area contributed by atoms with Crippen LogP contribution < -0.4 is 15.0 Å². The van der Waals surface area contributed by atoms with Gasteiger partial charge in [0.15, 0.2) is 5.13 Å². The third kappa shape index (κ3) is 5.25. The molecule has 0 radical (unpaired) electrons. The predicted molar refractivity (Wildman–Crippen MR) is 109 cm³/mol. The summed E-state index contributed by atoms with van der Waals surface area (Å²) in [6, 6.07) is 10.2. The van der Waals surface area contributed by atoms with Crippen LogP contribution in [0.1, 0.15) is 18.4 Å². The van der Waals surface area contributed by atoms with E-state index in [1.807, 2.05) is 11.0 Å². The molecule has 1 fully saturated rings. The second kappa shape index (κ2) is 8.70. The lowest BCUT2D eigenvalue weighted by atomic mass is 9.97. The summed E-state index contributed by atoms with van der Waals surface area (Å²) < 4.78 is 55.2. The summed E-state index contributed by atoms with van der Waals surface area (Å²) in [4.78, 5) is 19.0. The number of aromatic nitrogens is 1. The number of hydrogen-bond acceptors (Lipinski definition) is 5. The molecule has 1 saturated heterocycles. The lowest BCUT2D eigenvalue weighted by Crippen LogP contribution is -2.42. The molecular weight excluding hydrogens is 434 g/mol. The molecule has 1 unspecified atom stereocenters. The van der Waals surface area contributed by atoms with Gasteiger partial charge in [0.25, 0.3) is 0 Å². The third-order valence-corrected chi connectivity index (χ3v) is 6.13. The number of carbonyl (C=O) groups is 1. The first-order chi connectivity index (χ1) is 14.8. The molecule has 0 bridgehead atoms. The predicted octanol–water partition coefficient (Wildman–Crippen LogP) is 4.87. The number of nitrogens with one attached hydrogen (secondary N) is 1. The molecule has 2 aromatic carbocycles. The number of ether oxygens (including phenoxy) is 1. The van der Waals surface area contributed by atoms with Gasteiger partial charge in [0.2, 0.25) is 5.91 Å². The second-order valence-electron chi connectivity index (χ2n) is 7.28.